The highest BCUT2D eigenvalue weighted by Crippen LogP contribution is 2.15. The zero-order chi connectivity index (χ0) is 12.1. The molecule has 0 aromatic carbocycles. The van der Waals surface area contributed by atoms with Gasteiger partial charge in [0, 0.05) is 19.0 Å². The molecule has 6 heteroatoms. The molecule has 0 aliphatic rings. The van der Waals surface area contributed by atoms with Crippen molar-refractivity contribution in [3.05, 3.63) is 11.8 Å². The number of carboxylic acids is 1. The molecule has 1 aromatic rings. The first kappa shape index (κ1) is 12.2. The minimum atomic E-state index is -0.950. The van der Waals surface area contributed by atoms with Crippen LogP contribution in [0.15, 0.2) is 10.6 Å². The van der Waals surface area contributed by atoms with Gasteiger partial charge in [-0.1, -0.05) is 12.1 Å². The number of carbonyl (C=O) groups excluding carboxylic acids is 1. The SMILES string of the molecule is CCC(=O)N(CCC(=O)O)c1cc(C)on1. The number of rotatable bonds is 5. The van der Waals surface area contributed by atoms with E-state index >= 15 is 0 Å². The smallest absolute Gasteiger partial charge is 0.305 e. The highest BCUT2D eigenvalue weighted by molar-refractivity contribution is 5.92. The molecule has 6 nitrogen and oxygen atoms in total. The quantitative estimate of drug-likeness (QED) is 0.815. The van der Waals surface area contributed by atoms with E-state index in [1.807, 2.05) is 0 Å². The Morgan fingerprint density at radius 3 is 2.69 bits per heavy atom. The van der Waals surface area contributed by atoms with Crippen LogP contribution in [-0.4, -0.2) is 28.7 Å². The van der Waals surface area contributed by atoms with Gasteiger partial charge in [0.25, 0.3) is 0 Å². The van der Waals surface area contributed by atoms with Crippen LogP contribution >= 0.6 is 0 Å². The standard InChI is InChI=1S/C10H14N2O4/c1-3-9(13)12(5-4-10(14)15)8-6-7(2)16-11-8/h6H,3-5H2,1-2H3,(H,14,15). The molecule has 0 aliphatic heterocycles. The summed E-state index contributed by atoms with van der Waals surface area (Å²) in [5, 5.41) is 12.3. The second-order valence-corrected chi connectivity index (χ2v) is 3.34. The maximum Gasteiger partial charge on any atom is 0.305 e. The summed E-state index contributed by atoms with van der Waals surface area (Å²) in [6.07, 6.45) is 0.184. The molecule has 0 saturated heterocycles. The van der Waals surface area contributed by atoms with Crippen LogP contribution in [0.4, 0.5) is 5.82 Å². The molecule has 0 saturated carbocycles. The lowest BCUT2D eigenvalue weighted by Crippen LogP contribution is -2.32. The van der Waals surface area contributed by atoms with Gasteiger partial charge in [0.15, 0.2) is 5.82 Å². The van der Waals surface area contributed by atoms with E-state index in [1.165, 1.54) is 4.90 Å². The number of amides is 1. The molecular formula is C10H14N2O4. The van der Waals surface area contributed by atoms with Gasteiger partial charge in [0.1, 0.15) is 5.76 Å². The molecule has 16 heavy (non-hydrogen) atoms. The maximum atomic E-state index is 11.6. The highest BCUT2D eigenvalue weighted by atomic mass is 16.5. The van der Waals surface area contributed by atoms with Crippen molar-refractivity contribution in [1.82, 2.24) is 5.16 Å². The molecule has 1 heterocycles. The molecule has 1 amide bonds. The molecule has 0 atom stereocenters. The van der Waals surface area contributed by atoms with Crippen LogP contribution in [0.2, 0.25) is 0 Å². The van der Waals surface area contributed by atoms with E-state index in [4.69, 9.17) is 9.63 Å². The fourth-order valence-electron chi connectivity index (χ4n) is 1.25. The summed E-state index contributed by atoms with van der Waals surface area (Å²) in [6, 6.07) is 1.61. The van der Waals surface area contributed by atoms with Crippen LogP contribution in [0.1, 0.15) is 25.5 Å². The summed E-state index contributed by atoms with van der Waals surface area (Å²) in [5.41, 5.74) is 0. The van der Waals surface area contributed by atoms with E-state index in [9.17, 15) is 9.59 Å². The van der Waals surface area contributed by atoms with Gasteiger partial charge in [0.05, 0.1) is 6.42 Å². The first-order valence-electron chi connectivity index (χ1n) is 5.00. The molecule has 0 bridgehead atoms. The van der Waals surface area contributed by atoms with Crippen LogP contribution in [0.3, 0.4) is 0 Å². The van der Waals surface area contributed by atoms with Gasteiger partial charge >= 0.3 is 5.97 Å². The second kappa shape index (κ2) is 5.29. The minimum Gasteiger partial charge on any atom is -0.481 e. The number of aryl methyl sites for hydroxylation is 1. The summed E-state index contributed by atoms with van der Waals surface area (Å²) in [7, 11) is 0. The minimum absolute atomic E-state index is 0.105. The summed E-state index contributed by atoms with van der Waals surface area (Å²) >= 11 is 0. The lowest BCUT2D eigenvalue weighted by molar-refractivity contribution is -0.136. The van der Waals surface area contributed by atoms with Crippen molar-refractivity contribution in [2.75, 3.05) is 11.4 Å². The molecule has 1 rings (SSSR count). The predicted molar refractivity (Wildman–Crippen MR) is 56.1 cm³/mol. The molecular weight excluding hydrogens is 212 g/mol. The Labute approximate surface area is 92.8 Å². The second-order valence-electron chi connectivity index (χ2n) is 3.34. The largest absolute Gasteiger partial charge is 0.481 e. The monoisotopic (exact) mass is 226 g/mol. The lowest BCUT2D eigenvalue weighted by atomic mass is 10.3. The number of aromatic nitrogens is 1. The van der Waals surface area contributed by atoms with Crippen LogP contribution in [0, 0.1) is 6.92 Å². The fourth-order valence-corrected chi connectivity index (χ4v) is 1.25. The topological polar surface area (TPSA) is 83.6 Å². The number of carbonyl (C=O) groups is 2. The molecule has 0 radical (unpaired) electrons. The normalized spacial score (nSPS) is 10.1. The molecule has 1 aromatic heterocycles. The zero-order valence-corrected chi connectivity index (χ0v) is 9.27. The third kappa shape index (κ3) is 3.08. The lowest BCUT2D eigenvalue weighted by Gasteiger charge is -2.17. The average Bonchev–Trinajstić information content (AvgIpc) is 2.64. The van der Waals surface area contributed by atoms with Crippen molar-refractivity contribution in [2.45, 2.75) is 26.7 Å². The van der Waals surface area contributed by atoms with Gasteiger partial charge in [-0.2, -0.15) is 0 Å². The number of nitrogens with zero attached hydrogens (tertiary/aromatic N) is 2. The van der Waals surface area contributed by atoms with E-state index in [2.05, 4.69) is 5.16 Å². The molecule has 0 spiro atoms. The van der Waals surface area contributed by atoms with Gasteiger partial charge in [-0.25, -0.2) is 0 Å². The fraction of sp³-hybridized carbons (Fsp3) is 0.500. The van der Waals surface area contributed by atoms with Crippen molar-refractivity contribution in [3.8, 4) is 0 Å². The van der Waals surface area contributed by atoms with Gasteiger partial charge in [-0.3, -0.25) is 14.5 Å². The van der Waals surface area contributed by atoms with Gasteiger partial charge in [-0.05, 0) is 6.92 Å². The molecule has 0 fully saturated rings. The Kier molecular flexibility index (Phi) is 4.04. The van der Waals surface area contributed by atoms with Crippen LogP contribution in [0.5, 0.6) is 0 Å². The van der Waals surface area contributed by atoms with Gasteiger partial charge < -0.3 is 9.63 Å². The Morgan fingerprint density at radius 1 is 1.56 bits per heavy atom. The van der Waals surface area contributed by atoms with Gasteiger partial charge in [0.2, 0.25) is 5.91 Å². The predicted octanol–water partition coefficient (Wildman–Crippen LogP) is 1.20. The first-order valence-corrected chi connectivity index (χ1v) is 5.00. The third-order valence-electron chi connectivity index (χ3n) is 2.04. The van der Waals surface area contributed by atoms with Crippen LogP contribution < -0.4 is 4.90 Å². The van der Waals surface area contributed by atoms with Crippen LogP contribution in [-0.2, 0) is 9.59 Å². The van der Waals surface area contributed by atoms with Crippen molar-refractivity contribution in [2.24, 2.45) is 0 Å². The molecule has 88 valence electrons. The summed E-state index contributed by atoms with van der Waals surface area (Å²) in [5.74, 6) is -0.173. The summed E-state index contributed by atoms with van der Waals surface area (Å²) in [4.78, 5) is 23.4. The Bertz CT molecular complexity index is 386. The number of anilines is 1. The number of aliphatic carboxylic acids is 1. The highest BCUT2D eigenvalue weighted by Gasteiger charge is 2.18. The molecule has 0 aliphatic carbocycles. The average molecular weight is 226 g/mol. The number of hydrogen-bond donors (Lipinski definition) is 1. The van der Waals surface area contributed by atoms with Crippen molar-refractivity contribution < 1.29 is 19.2 Å². The zero-order valence-electron chi connectivity index (χ0n) is 9.27. The first-order chi connectivity index (χ1) is 7.54. The Hall–Kier alpha value is -1.85. The van der Waals surface area contributed by atoms with Crippen molar-refractivity contribution in [3.63, 3.8) is 0 Å². The Balaban J connectivity index is 2.79. The van der Waals surface area contributed by atoms with E-state index in [0.29, 0.717) is 18.0 Å². The third-order valence-corrected chi connectivity index (χ3v) is 2.04. The Morgan fingerprint density at radius 2 is 2.25 bits per heavy atom. The van der Waals surface area contributed by atoms with E-state index in [-0.39, 0.29) is 18.9 Å². The number of hydrogen-bond acceptors (Lipinski definition) is 4. The van der Waals surface area contributed by atoms with Crippen LogP contribution in [0.25, 0.3) is 0 Å². The van der Waals surface area contributed by atoms with Crippen molar-refractivity contribution >= 4 is 17.7 Å². The van der Waals surface area contributed by atoms with E-state index in [1.54, 1.807) is 19.9 Å². The van der Waals surface area contributed by atoms with Gasteiger partial charge in [-0.15, -0.1) is 0 Å². The summed E-state index contributed by atoms with van der Waals surface area (Å²) in [6.45, 7) is 3.53. The molecule has 0 unspecified atom stereocenters. The molecule has 1 N–H and O–H groups in total. The maximum absolute atomic E-state index is 11.6. The van der Waals surface area contributed by atoms with Crippen molar-refractivity contribution in [1.29, 1.82) is 0 Å². The van der Waals surface area contributed by atoms with E-state index < -0.39 is 5.97 Å². The summed E-state index contributed by atoms with van der Waals surface area (Å²) < 4.78 is 4.86. The number of carboxylic acid groups (broad SMARTS) is 1. The van der Waals surface area contributed by atoms with E-state index in [0.717, 1.165) is 0 Å².